The summed E-state index contributed by atoms with van der Waals surface area (Å²) < 4.78 is 18.4. The summed E-state index contributed by atoms with van der Waals surface area (Å²) in [4.78, 5) is 33.0. The number of nitrogens with zero attached hydrogens (tertiary/aromatic N) is 2. The largest absolute Gasteiger partial charge is 0.493 e. The molecule has 0 amide bonds. The van der Waals surface area contributed by atoms with E-state index in [1.165, 1.54) is 22.7 Å². The summed E-state index contributed by atoms with van der Waals surface area (Å²) in [5, 5.41) is 1.93. The highest BCUT2D eigenvalue weighted by Crippen LogP contribution is 2.34. The van der Waals surface area contributed by atoms with E-state index < -0.39 is 12.0 Å². The molecule has 4 rings (SSSR count). The average Bonchev–Trinajstić information content (AvgIpc) is 3.51. The van der Waals surface area contributed by atoms with E-state index in [0.29, 0.717) is 38.5 Å². The van der Waals surface area contributed by atoms with E-state index in [0.717, 1.165) is 16.9 Å². The van der Waals surface area contributed by atoms with Crippen LogP contribution >= 0.6 is 22.7 Å². The minimum atomic E-state index is -0.585. The van der Waals surface area contributed by atoms with Crippen LogP contribution in [0.15, 0.2) is 56.8 Å². The Morgan fingerprint density at radius 2 is 2.11 bits per heavy atom. The number of carbonyl (C=O) groups excluding carboxylic acids is 1. The van der Waals surface area contributed by atoms with E-state index >= 15 is 0 Å². The molecule has 0 fully saturated rings. The Labute approximate surface area is 217 Å². The maximum absolute atomic E-state index is 13.7. The van der Waals surface area contributed by atoms with Crippen LogP contribution in [0.5, 0.6) is 11.5 Å². The Morgan fingerprint density at radius 3 is 2.78 bits per heavy atom. The maximum atomic E-state index is 13.7. The fraction of sp³-hybridized carbons (Fsp3) is 0.296. The van der Waals surface area contributed by atoms with Crippen molar-refractivity contribution >= 4 is 34.7 Å². The number of aromatic nitrogens is 1. The Balaban J connectivity index is 1.88. The van der Waals surface area contributed by atoms with Crippen molar-refractivity contribution in [2.24, 2.45) is 4.99 Å². The van der Waals surface area contributed by atoms with Crippen LogP contribution in [0, 0.1) is 12.3 Å². The van der Waals surface area contributed by atoms with Crippen LogP contribution in [0.3, 0.4) is 0 Å². The molecule has 186 valence electrons. The Morgan fingerprint density at radius 1 is 1.28 bits per heavy atom. The SMILES string of the molecule is C#CCOc1ccc(/C=c2\sc3n(c2=O)[C@H](c2cccs2)C(C(=O)OCC)=C(CCC)N=3)cc1OC. The molecule has 1 aromatic carbocycles. The number of carbonyl (C=O) groups is 1. The lowest BCUT2D eigenvalue weighted by atomic mass is 9.99. The lowest BCUT2D eigenvalue weighted by Crippen LogP contribution is -2.39. The van der Waals surface area contributed by atoms with Gasteiger partial charge in [-0.3, -0.25) is 9.36 Å². The number of hydrogen-bond donors (Lipinski definition) is 0. The van der Waals surface area contributed by atoms with Crippen LogP contribution < -0.4 is 24.4 Å². The molecule has 36 heavy (non-hydrogen) atoms. The molecule has 0 radical (unpaired) electrons. The molecule has 1 atom stereocenters. The highest BCUT2D eigenvalue weighted by molar-refractivity contribution is 7.10. The molecule has 0 N–H and O–H groups in total. The highest BCUT2D eigenvalue weighted by Gasteiger charge is 2.34. The number of methoxy groups -OCH3 is 1. The molecule has 1 aliphatic heterocycles. The minimum absolute atomic E-state index is 0.125. The van der Waals surface area contributed by atoms with Crippen LogP contribution in [0.25, 0.3) is 6.08 Å². The maximum Gasteiger partial charge on any atom is 0.338 e. The molecule has 1 aliphatic rings. The number of ether oxygens (including phenoxy) is 3. The van der Waals surface area contributed by atoms with Crippen LogP contribution in [0.2, 0.25) is 0 Å². The zero-order valence-corrected chi connectivity index (χ0v) is 21.9. The van der Waals surface area contributed by atoms with Crippen LogP contribution in [-0.2, 0) is 9.53 Å². The molecular weight excluding hydrogens is 496 g/mol. The number of hydrogen-bond acceptors (Lipinski definition) is 8. The summed E-state index contributed by atoms with van der Waals surface area (Å²) in [5.41, 5.74) is 1.63. The van der Waals surface area contributed by atoms with Gasteiger partial charge < -0.3 is 14.2 Å². The van der Waals surface area contributed by atoms with Gasteiger partial charge in [-0.1, -0.05) is 42.7 Å². The molecule has 0 saturated heterocycles. The summed E-state index contributed by atoms with van der Waals surface area (Å²) in [6, 6.07) is 8.63. The number of fused-ring (bicyclic) bond motifs is 1. The predicted molar refractivity (Wildman–Crippen MR) is 141 cm³/mol. The van der Waals surface area contributed by atoms with Crippen molar-refractivity contribution in [1.29, 1.82) is 0 Å². The van der Waals surface area contributed by atoms with Crippen molar-refractivity contribution < 1.29 is 19.0 Å². The first-order chi connectivity index (χ1) is 17.5. The predicted octanol–water partition coefficient (Wildman–Crippen LogP) is 3.66. The highest BCUT2D eigenvalue weighted by atomic mass is 32.1. The molecule has 9 heteroatoms. The number of allylic oxidation sites excluding steroid dienone is 1. The Bertz CT molecular complexity index is 1510. The molecule has 0 spiro atoms. The molecule has 0 aliphatic carbocycles. The molecule has 3 heterocycles. The first-order valence-electron chi connectivity index (χ1n) is 11.5. The van der Waals surface area contributed by atoms with Gasteiger partial charge in [0.2, 0.25) is 0 Å². The van der Waals surface area contributed by atoms with Gasteiger partial charge in [-0.15, -0.1) is 17.8 Å². The van der Waals surface area contributed by atoms with Crippen molar-refractivity contribution in [3.8, 4) is 23.8 Å². The number of benzene rings is 1. The zero-order chi connectivity index (χ0) is 25.7. The van der Waals surface area contributed by atoms with Gasteiger partial charge in [-0.2, -0.15) is 0 Å². The van der Waals surface area contributed by atoms with Crippen molar-refractivity contribution in [2.45, 2.75) is 32.7 Å². The minimum Gasteiger partial charge on any atom is -0.493 e. The third-order valence-electron chi connectivity index (χ3n) is 5.50. The van der Waals surface area contributed by atoms with Crippen LogP contribution in [0.4, 0.5) is 0 Å². The van der Waals surface area contributed by atoms with Gasteiger partial charge in [-0.25, -0.2) is 9.79 Å². The van der Waals surface area contributed by atoms with Gasteiger partial charge in [0.1, 0.15) is 12.6 Å². The number of esters is 1. The summed E-state index contributed by atoms with van der Waals surface area (Å²) in [7, 11) is 1.54. The lowest BCUT2D eigenvalue weighted by molar-refractivity contribution is -0.139. The first kappa shape index (κ1) is 25.5. The summed E-state index contributed by atoms with van der Waals surface area (Å²) in [6.07, 6.45) is 8.49. The summed E-state index contributed by atoms with van der Waals surface area (Å²) in [6.45, 7) is 4.17. The van der Waals surface area contributed by atoms with Gasteiger partial charge in [0.05, 0.1) is 29.5 Å². The fourth-order valence-electron chi connectivity index (χ4n) is 4.00. The van der Waals surface area contributed by atoms with Gasteiger partial charge in [-0.05, 0) is 48.6 Å². The Hall–Kier alpha value is -3.61. The summed E-state index contributed by atoms with van der Waals surface area (Å²) in [5.74, 6) is 3.03. The van der Waals surface area contributed by atoms with Crippen LogP contribution in [0.1, 0.15) is 43.2 Å². The van der Waals surface area contributed by atoms with E-state index in [1.54, 1.807) is 36.8 Å². The standard InChI is InChI=1S/C27H26N2O5S2/c1-5-9-18-23(26(31)33-7-3)24(21-10-8-14-35-21)29-25(30)22(36-27(29)28-18)16-17-11-12-19(34-13-6-2)20(15-17)32-4/h2,8,10-12,14-16,24H,5,7,9,13H2,1,3-4H3/b22-16-/t24-/m1/s1. The van der Waals surface area contributed by atoms with Crippen molar-refractivity contribution in [1.82, 2.24) is 4.57 Å². The monoisotopic (exact) mass is 522 g/mol. The molecule has 0 unspecified atom stereocenters. The van der Waals surface area contributed by atoms with Crippen molar-refractivity contribution in [3.05, 3.63) is 77.1 Å². The first-order valence-corrected chi connectivity index (χ1v) is 13.2. The number of thiazole rings is 1. The topological polar surface area (TPSA) is 79.1 Å². The second-order valence-electron chi connectivity index (χ2n) is 7.83. The molecular formula is C27H26N2O5S2. The third-order valence-corrected chi connectivity index (χ3v) is 7.41. The molecule has 3 aromatic rings. The third kappa shape index (κ3) is 5.01. The van der Waals surface area contributed by atoms with Gasteiger partial charge in [0, 0.05) is 4.88 Å². The molecule has 0 bridgehead atoms. The van der Waals surface area contributed by atoms with E-state index in [9.17, 15) is 9.59 Å². The quantitative estimate of drug-likeness (QED) is 0.317. The summed E-state index contributed by atoms with van der Waals surface area (Å²) >= 11 is 2.79. The number of rotatable bonds is 9. The molecule has 7 nitrogen and oxygen atoms in total. The number of terminal acetylenes is 1. The zero-order valence-electron chi connectivity index (χ0n) is 20.3. The number of thiophene rings is 1. The van der Waals surface area contributed by atoms with E-state index in [1.807, 2.05) is 30.5 Å². The fourth-order valence-corrected chi connectivity index (χ4v) is 5.84. The average molecular weight is 523 g/mol. The van der Waals surface area contributed by atoms with Gasteiger partial charge >= 0.3 is 5.97 Å². The normalized spacial score (nSPS) is 15.2. The smallest absolute Gasteiger partial charge is 0.338 e. The second kappa shape index (κ2) is 11.4. The molecule has 2 aromatic heterocycles. The molecule has 0 saturated carbocycles. The van der Waals surface area contributed by atoms with Crippen molar-refractivity contribution in [2.75, 3.05) is 20.3 Å². The lowest BCUT2D eigenvalue weighted by Gasteiger charge is -2.24. The van der Waals surface area contributed by atoms with Crippen molar-refractivity contribution in [3.63, 3.8) is 0 Å². The van der Waals surface area contributed by atoms with Gasteiger partial charge in [0.25, 0.3) is 5.56 Å². The van der Waals surface area contributed by atoms with E-state index in [2.05, 4.69) is 5.92 Å². The van der Waals surface area contributed by atoms with E-state index in [-0.39, 0.29) is 18.8 Å². The van der Waals surface area contributed by atoms with Crippen LogP contribution in [-0.4, -0.2) is 30.9 Å². The second-order valence-corrected chi connectivity index (χ2v) is 9.82. The van der Waals surface area contributed by atoms with E-state index in [4.69, 9.17) is 25.6 Å². The Kier molecular flexibility index (Phi) is 8.08. The van der Waals surface area contributed by atoms with Gasteiger partial charge in [0.15, 0.2) is 16.3 Å².